The molecule has 4 aromatic rings. The number of hydrogen-bond acceptors (Lipinski definition) is 10. The minimum Gasteiger partial charge on any atom is -0.506 e. The second-order valence-corrected chi connectivity index (χ2v) is 7.97. The van der Waals surface area contributed by atoms with Crippen LogP contribution in [0.15, 0.2) is 114 Å². The zero-order chi connectivity index (χ0) is 24.8. The number of azo groups is 3. The van der Waals surface area contributed by atoms with Crippen LogP contribution in [0.25, 0.3) is 0 Å². The van der Waals surface area contributed by atoms with Crippen molar-refractivity contribution in [3.8, 4) is 17.2 Å². The van der Waals surface area contributed by atoms with Crippen molar-refractivity contribution in [2.24, 2.45) is 30.7 Å². The molecule has 0 aliphatic heterocycles. The number of nitrogens with zero attached hydrogens (tertiary/aromatic N) is 6. The molecule has 0 saturated heterocycles. The summed E-state index contributed by atoms with van der Waals surface area (Å²) in [5, 5.41) is 54.6. The fraction of sp³-hybridized carbons (Fsp3) is 0.0400. The number of hydrogen-bond donors (Lipinski definition) is 4. The first-order valence-corrected chi connectivity index (χ1v) is 10.8. The lowest BCUT2D eigenvalue weighted by molar-refractivity contribution is 0.452. The third kappa shape index (κ3) is 6.27. The molecule has 10 heteroatoms. The number of phenols is 3. The van der Waals surface area contributed by atoms with Gasteiger partial charge in [-0.15, -0.1) is 28.0 Å². The van der Waals surface area contributed by atoms with Crippen molar-refractivity contribution in [2.75, 3.05) is 0 Å². The van der Waals surface area contributed by atoms with Gasteiger partial charge in [0.1, 0.15) is 34.3 Å². The second-order valence-electron chi connectivity index (χ2n) is 7.45. The van der Waals surface area contributed by atoms with E-state index < -0.39 is 0 Å². The summed E-state index contributed by atoms with van der Waals surface area (Å²) in [6, 6.07) is 21.5. The van der Waals surface area contributed by atoms with E-state index in [4.69, 9.17) is 0 Å². The molecule has 3 N–H and O–H groups in total. The van der Waals surface area contributed by atoms with E-state index in [0.29, 0.717) is 17.1 Å². The number of aryl methyl sites for hydroxylation is 1. The lowest BCUT2D eigenvalue weighted by Gasteiger charge is -2.03. The van der Waals surface area contributed by atoms with Gasteiger partial charge in [0.2, 0.25) is 0 Å². The van der Waals surface area contributed by atoms with Crippen molar-refractivity contribution in [1.29, 1.82) is 0 Å². The van der Waals surface area contributed by atoms with Crippen LogP contribution in [0.3, 0.4) is 0 Å². The molecular weight excluding hydrogens is 464 g/mol. The molecule has 0 bridgehead atoms. The molecule has 0 spiro atoms. The summed E-state index contributed by atoms with van der Waals surface area (Å²) in [5.74, 6) is -0.617. The molecule has 0 aliphatic rings. The first kappa shape index (κ1) is 23.6. The average molecular weight is 485 g/mol. The Morgan fingerprint density at radius 3 is 1.46 bits per heavy atom. The van der Waals surface area contributed by atoms with Crippen molar-refractivity contribution in [2.45, 2.75) is 11.8 Å². The highest BCUT2D eigenvalue weighted by Gasteiger charge is 2.09. The van der Waals surface area contributed by atoms with Gasteiger partial charge in [0.05, 0.1) is 17.1 Å². The molecule has 4 aromatic carbocycles. The molecule has 0 saturated carbocycles. The molecule has 0 atom stereocenters. The van der Waals surface area contributed by atoms with Gasteiger partial charge in [-0.25, -0.2) is 0 Å². The van der Waals surface area contributed by atoms with E-state index in [9.17, 15) is 15.3 Å². The minimum atomic E-state index is -0.295. The van der Waals surface area contributed by atoms with E-state index in [1.165, 1.54) is 12.1 Å². The number of benzene rings is 4. The van der Waals surface area contributed by atoms with Crippen molar-refractivity contribution in [3.05, 3.63) is 84.4 Å². The Balaban J connectivity index is 1.50. The normalized spacial score (nSPS) is 11.7. The number of phenolic OH excluding ortho intramolecular Hbond substituents is 3. The van der Waals surface area contributed by atoms with Crippen LogP contribution in [0.2, 0.25) is 0 Å². The zero-order valence-corrected chi connectivity index (χ0v) is 19.4. The molecule has 0 aromatic heterocycles. The summed E-state index contributed by atoms with van der Waals surface area (Å²) >= 11 is 4.24. The van der Waals surface area contributed by atoms with E-state index in [-0.39, 0.29) is 34.3 Å². The first-order chi connectivity index (χ1) is 16.9. The molecule has 0 amide bonds. The van der Waals surface area contributed by atoms with Crippen molar-refractivity contribution >= 4 is 46.8 Å². The third-order valence-corrected chi connectivity index (χ3v) is 5.02. The molecule has 0 unspecified atom stereocenters. The van der Waals surface area contributed by atoms with Gasteiger partial charge in [-0.1, -0.05) is 6.07 Å². The predicted molar refractivity (Wildman–Crippen MR) is 135 cm³/mol. The largest absolute Gasteiger partial charge is 0.506 e. The van der Waals surface area contributed by atoms with E-state index in [1.54, 1.807) is 36.4 Å². The molecule has 35 heavy (non-hydrogen) atoms. The first-order valence-electron chi connectivity index (χ1n) is 10.4. The maximum Gasteiger partial charge on any atom is 0.146 e. The van der Waals surface area contributed by atoms with E-state index in [2.05, 4.69) is 43.3 Å². The second kappa shape index (κ2) is 10.6. The maximum atomic E-state index is 10.1. The molecular formula is C25H20N6O3S. The van der Waals surface area contributed by atoms with Crippen LogP contribution < -0.4 is 0 Å². The molecule has 0 heterocycles. The maximum absolute atomic E-state index is 10.1. The zero-order valence-electron chi connectivity index (χ0n) is 18.5. The van der Waals surface area contributed by atoms with Gasteiger partial charge in [0.15, 0.2) is 0 Å². The topological polar surface area (TPSA) is 135 Å². The van der Waals surface area contributed by atoms with Crippen LogP contribution in [-0.2, 0) is 0 Å². The lowest BCUT2D eigenvalue weighted by Crippen LogP contribution is -1.74. The van der Waals surface area contributed by atoms with Crippen LogP contribution in [0.5, 0.6) is 17.2 Å². The van der Waals surface area contributed by atoms with Crippen molar-refractivity contribution in [3.63, 3.8) is 0 Å². The van der Waals surface area contributed by atoms with E-state index in [0.717, 1.165) is 16.5 Å². The SMILES string of the molecule is Cc1ccc(O)c(N=Nc2cc(N=Nc3ccc(N=Nc4ccc(S)cc4)cc3)c(O)cc2O)c1. The Hall–Kier alpha value is -4.57. The van der Waals surface area contributed by atoms with E-state index in [1.807, 2.05) is 31.2 Å². The Bertz CT molecular complexity index is 1440. The fourth-order valence-electron chi connectivity index (χ4n) is 2.87. The Morgan fingerprint density at radius 2 is 0.914 bits per heavy atom. The van der Waals surface area contributed by atoms with Crippen LogP contribution in [-0.4, -0.2) is 15.3 Å². The highest BCUT2D eigenvalue weighted by atomic mass is 32.1. The Kier molecular flexibility index (Phi) is 7.12. The minimum absolute atomic E-state index is 0.0453. The monoisotopic (exact) mass is 484 g/mol. The summed E-state index contributed by atoms with van der Waals surface area (Å²) in [7, 11) is 0. The van der Waals surface area contributed by atoms with Crippen LogP contribution in [0.1, 0.15) is 5.56 Å². The van der Waals surface area contributed by atoms with E-state index >= 15 is 0 Å². The number of rotatable bonds is 6. The average Bonchev–Trinajstić information content (AvgIpc) is 2.85. The highest BCUT2D eigenvalue weighted by Crippen LogP contribution is 2.40. The van der Waals surface area contributed by atoms with Crippen LogP contribution >= 0.6 is 12.6 Å². The van der Waals surface area contributed by atoms with Crippen molar-refractivity contribution in [1.82, 2.24) is 0 Å². The summed E-state index contributed by atoms with van der Waals surface area (Å²) in [4.78, 5) is 0.846. The Labute approximate surface area is 206 Å². The Morgan fingerprint density at radius 1 is 0.486 bits per heavy atom. The van der Waals surface area contributed by atoms with Gasteiger partial charge < -0.3 is 15.3 Å². The molecule has 4 rings (SSSR count). The molecule has 0 fully saturated rings. The summed E-state index contributed by atoms with van der Waals surface area (Å²) in [5.41, 5.74) is 3.13. The number of thiol groups is 1. The summed E-state index contributed by atoms with van der Waals surface area (Å²) in [6.45, 7) is 1.85. The van der Waals surface area contributed by atoms with Crippen LogP contribution in [0, 0.1) is 6.92 Å². The van der Waals surface area contributed by atoms with Gasteiger partial charge in [0, 0.05) is 17.0 Å². The fourth-order valence-corrected chi connectivity index (χ4v) is 3.02. The lowest BCUT2D eigenvalue weighted by atomic mass is 10.2. The van der Waals surface area contributed by atoms with Gasteiger partial charge in [-0.3, -0.25) is 0 Å². The van der Waals surface area contributed by atoms with Crippen molar-refractivity contribution < 1.29 is 15.3 Å². The van der Waals surface area contributed by atoms with Gasteiger partial charge >= 0.3 is 0 Å². The molecule has 0 radical (unpaired) electrons. The third-order valence-electron chi connectivity index (χ3n) is 4.72. The molecule has 0 aliphatic carbocycles. The smallest absolute Gasteiger partial charge is 0.146 e. The summed E-state index contributed by atoms with van der Waals surface area (Å²) in [6.07, 6.45) is 0. The highest BCUT2D eigenvalue weighted by molar-refractivity contribution is 7.80. The van der Waals surface area contributed by atoms with Crippen LogP contribution in [0.4, 0.5) is 34.1 Å². The molecule has 9 nitrogen and oxygen atoms in total. The van der Waals surface area contributed by atoms with Gasteiger partial charge in [0.25, 0.3) is 0 Å². The standard InChI is InChI=1S/C25H20N6O3S/c1-15-2-11-23(32)20(12-15)30-31-22-13-21(24(33)14-25(22)34)29-28-17-5-3-16(4-6-17)26-27-18-7-9-19(35)10-8-18/h2-14,32-35H,1H3. The predicted octanol–water partition coefficient (Wildman–Crippen LogP) is 8.65. The quantitative estimate of drug-likeness (QED) is 0.161. The number of aromatic hydroxyl groups is 3. The molecule has 174 valence electrons. The van der Waals surface area contributed by atoms with Gasteiger partial charge in [-0.05, 0) is 73.2 Å². The summed E-state index contributed by atoms with van der Waals surface area (Å²) < 4.78 is 0. The van der Waals surface area contributed by atoms with Gasteiger partial charge in [-0.2, -0.15) is 15.3 Å².